The molecule has 0 saturated carbocycles. The van der Waals surface area contributed by atoms with Gasteiger partial charge in [-0.25, -0.2) is 0 Å². The lowest BCUT2D eigenvalue weighted by atomic mass is 9.96. The highest BCUT2D eigenvalue weighted by atomic mass is 16.4. The van der Waals surface area contributed by atoms with Gasteiger partial charge in [0.05, 0.1) is 18.7 Å². The zero-order valence-electron chi connectivity index (χ0n) is 9.73. The molecule has 2 rings (SSSR count). The van der Waals surface area contributed by atoms with E-state index in [2.05, 4.69) is 15.5 Å². The number of nitrogens with zero attached hydrogens (tertiary/aromatic N) is 3. The van der Waals surface area contributed by atoms with E-state index in [4.69, 9.17) is 4.42 Å². The number of piperidine rings is 1. The van der Waals surface area contributed by atoms with Crippen LogP contribution in [0, 0.1) is 0 Å². The predicted molar refractivity (Wildman–Crippen MR) is 59.1 cm³/mol. The van der Waals surface area contributed by atoms with Crippen LogP contribution in [0.15, 0.2) is 4.42 Å². The summed E-state index contributed by atoms with van der Waals surface area (Å²) in [5.74, 6) is 0.572. The average Bonchev–Trinajstić information content (AvgIpc) is 2.65. The van der Waals surface area contributed by atoms with E-state index >= 15 is 0 Å². The first kappa shape index (κ1) is 11.3. The summed E-state index contributed by atoms with van der Waals surface area (Å²) in [7, 11) is 1.83. The quantitative estimate of drug-likeness (QED) is 0.763. The van der Waals surface area contributed by atoms with Gasteiger partial charge in [-0.15, -0.1) is 5.10 Å². The first-order chi connectivity index (χ1) is 7.61. The van der Waals surface area contributed by atoms with Crippen LogP contribution in [-0.2, 0) is 6.54 Å². The molecule has 1 saturated heterocycles. The van der Waals surface area contributed by atoms with Crippen LogP contribution in [0.3, 0.4) is 0 Å². The third-order valence-corrected chi connectivity index (χ3v) is 2.73. The SMILES string of the molecule is CNCc1nnc(N2CCCC(C)(O)C2)o1. The Morgan fingerprint density at radius 2 is 2.38 bits per heavy atom. The molecular weight excluding hydrogens is 208 g/mol. The van der Waals surface area contributed by atoms with Crippen molar-refractivity contribution in [3.8, 4) is 0 Å². The van der Waals surface area contributed by atoms with Crippen LogP contribution in [0.25, 0.3) is 0 Å². The van der Waals surface area contributed by atoms with Crippen molar-refractivity contribution in [1.29, 1.82) is 0 Å². The molecule has 1 atom stereocenters. The maximum atomic E-state index is 9.97. The van der Waals surface area contributed by atoms with E-state index < -0.39 is 5.60 Å². The maximum Gasteiger partial charge on any atom is 0.318 e. The van der Waals surface area contributed by atoms with Gasteiger partial charge in [-0.05, 0) is 26.8 Å². The number of nitrogens with one attached hydrogen (secondary N) is 1. The highest BCUT2D eigenvalue weighted by Gasteiger charge is 2.30. The van der Waals surface area contributed by atoms with Gasteiger partial charge in [-0.2, -0.15) is 0 Å². The average molecular weight is 226 g/mol. The third kappa shape index (κ3) is 2.51. The van der Waals surface area contributed by atoms with Crippen LogP contribution >= 0.6 is 0 Å². The fourth-order valence-electron chi connectivity index (χ4n) is 1.98. The number of β-amino-alcohol motifs (C(OH)–C–C–N with tert-alkyl or cyclic N) is 1. The number of anilines is 1. The summed E-state index contributed by atoms with van der Waals surface area (Å²) in [6, 6.07) is 0.505. The van der Waals surface area contributed by atoms with Crippen LogP contribution in [0.2, 0.25) is 0 Å². The van der Waals surface area contributed by atoms with Crippen molar-refractivity contribution in [2.75, 3.05) is 25.0 Å². The summed E-state index contributed by atoms with van der Waals surface area (Å²) in [6.45, 7) is 3.81. The van der Waals surface area contributed by atoms with Gasteiger partial charge in [-0.3, -0.25) is 0 Å². The predicted octanol–water partition coefficient (Wildman–Crippen LogP) is 0.140. The molecule has 90 valence electrons. The van der Waals surface area contributed by atoms with Crippen molar-refractivity contribution in [3.05, 3.63) is 5.89 Å². The summed E-state index contributed by atoms with van der Waals surface area (Å²) < 4.78 is 5.49. The van der Waals surface area contributed by atoms with Gasteiger partial charge < -0.3 is 19.7 Å². The lowest BCUT2D eigenvalue weighted by molar-refractivity contribution is 0.0434. The van der Waals surface area contributed by atoms with Crippen molar-refractivity contribution in [2.45, 2.75) is 31.9 Å². The van der Waals surface area contributed by atoms with Gasteiger partial charge >= 0.3 is 6.01 Å². The third-order valence-electron chi connectivity index (χ3n) is 2.73. The Balaban J connectivity index is 2.05. The van der Waals surface area contributed by atoms with Gasteiger partial charge in [-0.1, -0.05) is 5.10 Å². The first-order valence-electron chi connectivity index (χ1n) is 5.55. The molecule has 2 heterocycles. The Morgan fingerprint density at radius 1 is 1.56 bits per heavy atom. The molecular formula is C10H18N4O2. The molecule has 0 aliphatic carbocycles. The van der Waals surface area contributed by atoms with Gasteiger partial charge in [0, 0.05) is 6.54 Å². The molecule has 1 aromatic rings. The van der Waals surface area contributed by atoms with Crippen LogP contribution in [0.1, 0.15) is 25.7 Å². The topological polar surface area (TPSA) is 74.4 Å². The zero-order chi connectivity index (χ0) is 11.6. The lowest BCUT2D eigenvalue weighted by Gasteiger charge is -2.35. The normalized spacial score (nSPS) is 26.1. The van der Waals surface area contributed by atoms with Crippen LogP contribution in [0.5, 0.6) is 0 Å². The van der Waals surface area contributed by atoms with Gasteiger partial charge in [0.15, 0.2) is 0 Å². The Kier molecular flexibility index (Phi) is 3.11. The van der Waals surface area contributed by atoms with E-state index in [1.54, 1.807) is 0 Å². The highest BCUT2D eigenvalue weighted by molar-refractivity contribution is 5.26. The number of aromatic nitrogens is 2. The molecule has 1 fully saturated rings. The molecule has 0 radical (unpaired) electrons. The largest absolute Gasteiger partial charge is 0.407 e. The second-order valence-corrected chi connectivity index (χ2v) is 4.53. The number of hydrogen-bond acceptors (Lipinski definition) is 6. The molecule has 2 N–H and O–H groups in total. The molecule has 1 aliphatic heterocycles. The second kappa shape index (κ2) is 4.39. The van der Waals surface area contributed by atoms with E-state index in [-0.39, 0.29) is 0 Å². The van der Waals surface area contributed by atoms with Gasteiger partial charge in [0.2, 0.25) is 5.89 Å². The van der Waals surface area contributed by atoms with E-state index in [0.717, 1.165) is 19.4 Å². The minimum Gasteiger partial charge on any atom is -0.407 e. The van der Waals surface area contributed by atoms with Gasteiger partial charge in [0.25, 0.3) is 0 Å². The maximum absolute atomic E-state index is 9.97. The molecule has 0 aromatic carbocycles. The first-order valence-corrected chi connectivity index (χ1v) is 5.55. The standard InChI is InChI=1S/C10H18N4O2/c1-10(15)4-3-5-14(7-10)9-13-12-8(16-9)6-11-2/h11,15H,3-7H2,1-2H3. The molecule has 0 bridgehead atoms. The van der Waals surface area contributed by atoms with Crippen LogP contribution in [0.4, 0.5) is 6.01 Å². The molecule has 1 aliphatic rings. The summed E-state index contributed by atoms with van der Waals surface area (Å²) in [4.78, 5) is 1.94. The zero-order valence-corrected chi connectivity index (χ0v) is 9.73. The second-order valence-electron chi connectivity index (χ2n) is 4.53. The van der Waals surface area contributed by atoms with Crippen molar-refractivity contribution in [2.24, 2.45) is 0 Å². The van der Waals surface area contributed by atoms with Crippen molar-refractivity contribution >= 4 is 6.01 Å². The Bertz CT molecular complexity index is 350. The van der Waals surface area contributed by atoms with Crippen molar-refractivity contribution < 1.29 is 9.52 Å². The fraction of sp³-hybridized carbons (Fsp3) is 0.800. The molecule has 0 amide bonds. The Morgan fingerprint density at radius 3 is 3.06 bits per heavy atom. The molecule has 16 heavy (non-hydrogen) atoms. The van der Waals surface area contributed by atoms with E-state index in [0.29, 0.717) is 25.0 Å². The monoisotopic (exact) mass is 226 g/mol. The van der Waals surface area contributed by atoms with Crippen LogP contribution < -0.4 is 10.2 Å². The van der Waals surface area contributed by atoms with Crippen molar-refractivity contribution in [1.82, 2.24) is 15.5 Å². The number of rotatable bonds is 3. The smallest absolute Gasteiger partial charge is 0.318 e. The molecule has 0 spiro atoms. The highest BCUT2D eigenvalue weighted by Crippen LogP contribution is 2.24. The van der Waals surface area contributed by atoms with Gasteiger partial charge in [0.1, 0.15) is 0 Å². The molecule has 6 heteroatoms. The minimum absolute atomic E-state index is 0.505. The van der Waals surface area contributed by atoms with E-state index in [9.17, 15) is 5.11 Å². The van der Waals surface area contributed by atoms with Crippen molar-refractivity contribution in [3.63, 3.8) is 0 Å². The molecule has 1 unspecified atom stereocenters. The summed E-state index contributed by atoms with van der Waals surface area (Å²) >= 11 is 0. The van der Waals surface area contributed by atoms with E-state index in [1.807, 2.05) is 18.9 Å². The molecule has 6 nitrogen and oxygen atoms in total. The summed E-state index contributed by atoms with van der Waals surface area (Å²) in [6.07, 6.45) is 1.76. The van der Waals surface area contributed by atoms with E-state index in [1.165, 1.54) is 0 Å². The summed E-state index contributed by atoms with van der Waals surface area (Å²) in [5.41, 5.74) is -0.657. The lowest BCUT2D eigenvalue weighted by Crippen LogP contribution is -2.46. The Labute approximate surface area is 94.7 Å². The number of aliphatic hydroxyl groups is 1. The Hall–Kier alpha value is -1.14. The number of hydrogen-bond donors (Lipinski definition) is 2. The van der Waals surface area contributed by atoms with Crippen LogP contribution in [-0.4, -0.2) is 41.0 Å². The summed E-state index contributed by atoms with van der Waals surface area (Å²) in [5, 5.41) is 20.8. The molecule has 1 aromatic heterocycles. The minimum atomic E-state index is -0.657. The fourth-order valence-corrected chi connectivity index (χ4v) is 1.98.